The fourth-order valence-corrected chi connectivity index (χ4v) is 3.90. The summed E-state index contributed by atoms with van der Waals surface area (Å²) in [5.41, 5.74) is 5.31. The van der Waals surface area contributed by atoms with Crippen molar-refractivity contribution < 1.29 is 4.57 Å². The number of para-hydroxylation sites is 1. The fraction of sp³-hybridized carbons (Fsp3) is 0.261. The molecule has 0 aliphatic rings. The zero-order chi connectivity index (χ0) is 17.7. The first-order valence-electron chi connectivity index (χ1n) is 9.06. The van der Waals surface area contributed by atoms with Crippen molar-refractivity contribution in [2.45, 2.75) is 39.5 Å². The number of rotatable bonds is 3. The number of hydrogen-bond acceptors (Lipinski definition) is 0. The molecule has 0 unspecified atom stereocenters. The Morgan fingerprint density at radius 1 is 0.840 bits per heavy atom. The topological polar surface area (TPSA) is 8.29 Å². The third kappa shape index (κ3) is 2.28. The molecule has 0 N–H and O–H groups in total. The molecule has 2 aromatic heterocycles. The largest absolute Gasteiger partial charge is 0.300 e. The lowest BCUT2D eigenvalue weighted by molar-refractivity contribution is -0.566. The van der Waals surface area contributed by atoms with E-state index < -0.39 is 0 Å². The van der Waals surface area contributed by atoms with E-state index in [1.807, 2.05) is 0 Å². The van der Waals surface area contributed by atoms with Gasteiger partial charge in [0.25, 0.3) is 5.65 Å². The van der Waals surface area contributed by atoms with Crippen molar-refractivity contribution >= 4 is 23.0 Å². The van der Waals surface area contributed by atoms with Gasteiger partial charge in [0.2, 0.25) is 0 Å². The number of nitrogens with zero attached hydrogens (tertiary/aromatic N) is 2. The molecule has 0 radical (unpaired) electrons. The Bertz CT molecular complexity index is 1090. The van der Waals surface area contributed by atoms with E-state index in [2.05, 4.69) is 98.1 Å². The predicted octanol–water partition coefficient (Wildman–Crippen LogP) is 4.75. The van der Waals surface area contributed by atoms with Gasteiger partial charge in [-0.25, -0.2) is 0 Å². The second kappa shape index (κ2) is 5.73. The molecule has 0 bridgehead atoms. The lowest BCUT2D eigenvalue weighted by atomic mass is 9.92. The Balaban J connectivity index is 2.17. The normalized spacial score (nSPS) is 12.1. The molecule has 4 rings (SSSR count). The molecular weight excluding hydrogens is 304 g/mol. The van der Waals surface area contributed by atoms with Crippen LogP contribution in [0.1, 0.15) is 50.7 Å². The van der Waals surface area contributed by atoms with Crippen LogP contribution in [0.15, 0.2) is 54.9 Å². The van der Waals surface area contributed by atoms with Gasteiger partial charge in [-0.05, 0) is 24.0 Å². The molecule has 25 heavy (non-hydrogen) atoms. The minimum Gasteiger partial charge on any atom is -0.195 e. The molecule has 0 spiro atoms. The minimum absolute atomic E-state index is 0.469. The molecule has 0 atom stereocenters. The first-order chi connectivity index (χ1) is 12.0. The van der Waals surface area contributed by atoms with Crippen molar-refractivity contribution in [3.05, 3.63) is 71.3 Å². The average molecular weight is 329 g/mol. The molecular formula is C23H25N2+. The number of hydrogen-bond donors (Lipinski definition) is 0. The molecule has 0 aliphatic heterocycles. The molecule has 0 saturated carbocycles. The highest BCUT2D eigenvalue weighted by Crippen LogP contribution is 2.29. The van der Waals surface area contributed by atoms with Gasteiger partial charge in [0.15, 0.2) is 0 Å². The summed E-state index contributed by atoms with van der Waals surface area (Å²) in [6.45, 7) is 13.4. The van der Waals surface area contributed by atoms with Crippen molar-refractivity contribution in [1.29, 1.82) is 0 Å². The summed E-state index contributed by atoms with van der Waals surface area (Å²) in [5.74, 6) is 0.938. The van der Waals surface area contributed by atoms with Gasteiger partial charge in [0, 0.05) is 16.5 Å². The highest BCUT2D eigenvalue weighted by atomic mass is 15.1. The Morgan fingerprint density at radius 2 is 1.44 bits per heavy atom. The lowest BCUT2D eigenvalue weighted by Crippen LogP contribution is -2.33. The van der Waals surface area contributed by atoms with Gasteiger partial charge in [0.1, 0.15) is 23.4 Å². The number of fused-ring (bicyclic) bond motifs is 3. The molecule has 126 valence electrons. The maximum absolute atomic E-state index is 4.31. The summed E-state index contributed by atoms with van der Waals surface area (Å²) in [6, 6.07) is 15.3. The van der Waals surface area contributed by atoms with E-state index in [1.54, 1.807) is 0 Å². The van der Waals surface area contributed by atoms with Crippen molar-refractivity contribution in [3.63, 3.8) is 0 Å². The molecule has 2 aromatic carbocycles. The van der Waals surface area contributed by atoms with Crippen LogP contribution in [0.4, 0.5) is 0 Å². The van der Waals surface area contributed by atoms with Crippen LogP contribution >= 0.6 is 0 Å². The van der Waals surface area contributed by atoms with E-state index >= 15 is 0 Å². The van der Waals surface area contributed by atoms with Crippen molar-refractivity contribution in [3.8, 4) is 5.69 Å². The summed E-state index contributed by atoms with van der Waals surface area (Å²) in [7, 11) is 0. The Kier molecular flexibility index (Phi) is 3.64. The molecule has 4 aromatic rings. The van der Waals surface area contributed by atoms with E-state index in [1.165, 1.54) is 33.2 Å². The minimum atomic E-state index is 0.469. The lowest BCUT2D eigenvalue weighted by Gasteiger charge is -2.16. The number of imidazole rings is 1. The molecule has 0 aliphatic carbocycles. The monoisotopic (exact) mass is 329 g/mol. The summed E-state index contributed by atoms with van der Waals surface area (Å²) < 4.78 is 4.58. The average Bonchev–Trinajstić information content (AvgIpc) is 3.15. The quantitative estimate of drug-likeness (QED) is 0.480. The van der Waals surface area contributed by atoms with Gasteiger partial charge in [0.05, 0.1) is 5.39 Å². The van der Waals surface area contributed by atoms with Gasteiger partial charge in [-0.3, -0.25) is 0 Å². The van der Waals surface area contributed by atoms with Crippen LogP contribution in [-0.4, -0.2) is 4.40 Å². The van der Waals surface area contributed by atoms with Crippen molar-refractivity contribution in [2.24, 2.45) is 0 Å². The molecule has 0 fully saturated rings. The van der Waals surface area contributed by atoms with Crippen LogP contribution < -0.4 is 9.92 Å². The Hall–Kier alpha value is -2.61. The molecule has 2 heterocycles. The van der Waals surface area contributed by atoms with Crippen LogP contribution in [-0.2, 0) is 0 Å². The number of benzene rings is 2. The molecule has 2 nitrogen and oxygen atoms in total. The maximum atomic E-state index is 4.31. The summed E-state index contributed by atoms with van der Waals surface area (Å²) >= 11 is 0. The van der Waals surface area contributed by atoms with Gasteiger partial charge in [-0.2, -0.15) is 8.97 Å². The highest BCUT2D eigenvalue weighted by Gasteiger charge is 2.25. The van der Waals surface area contributed by atoms with E-state index in [4.69, 9.17) is 0 Å². The Morgan fingerprint density at radius 3 is 2.04 bits per heavy atom. The number of aromatic nitrogens is 2. The van der Waals surface area contributed by atoms with E-state index in [0.29, 0.717) is 11.8 Å². The van der Waals surface area contributed by atoms with E-state index in [-0.39, 0.29) is 0 Å². The van der Waals surface area contributed by atoms with Crippen LogP contribution in [0, 0.1) is 0 Å². The predicted molar refractivity (Wildman–Crippen MR) is 105 cm³/mol. The van der Waals surface area contributed by atoms with Crippen molar-refractivity contribution in [1.82, 2.24) is 4.40 Å². The molecule has 0 amide bonds. The van der Waals surface area contributed by atoms with Crippen LogP contribution in [0.2, 0.25) is 0 Å². The fourth-order valence-electron chi connectivity index (χ4n) is 3.90. The van der Waals surface area contributed by atoms with Gasteiger partial charge in [-0.1, -0.05) is 64.6 Å². The first kappa shape index (κ1) is 15.9. The van der Waals surface area contributed by atoms with Crippen molar-refractivity contribution in [2.75, 3.05) is 0 Å². The first-order valence-corrected chi connectivity index (χ1v) is 9.06. The zero-order valence-corrected chi connectivity index (χ0v) is 15.5. The van der Waals surface area contributed by atoms with Gasteiger partial charge < -0.3 is 0 Å². The highest BCUT2D eigenvalue weighted by molar-refractivity contribution is 5.94. The van der Waals surface area contributed by atoms with E-state index in [0.717, 1.165) is 5.35 Å². The second-order valence-corrected chi connectivity index (χ2v) is 7.45. The van der Waals surface area contributed by atoms with Gasteiger partial charge in [-0.15, -0.1) is 0 Å². The Labute approximate surface area is 149 Å². The third-order valence-corrected chi connectivity index (χ3v) is 5.17. The molecule has 0 saturated heterocycles. The summed E-state index contributed by atoms with van der Waals surface area (Å²) in [4.78, 5) is 0. The summed E-state index contributed by atoms with van der Waals surface area (Å²) in [5, 5.41) is 3.53. The van der Waals surface area contributed by atoms with Crippen LogP contribution in [0.5, 0.6) is 0 Å². The third-order valence-electron chi connectivity index (χ3n) is 5.17. The van der Waals surface area contributed by atoms with Crippen LogP contribution in [0.3, 0.4) is 0 Å². The maximum Gasteiger partial charge on any atom is 0.300 e. The smallest absolute Gasteiger partial charge is 0.195 e. The summed E-state index contributed by atoms with van der Waals surface area (Å²) in [6.07, 6.45) is 4.32. The standard InChI is InChI=1S/C23H25N2/c1-15(2)18-11-8-12-19(16(3)4)22(18)25-14-13-24-17(5)20-9-6-7-10-21(20)23(24)25/h6-16H,5H2,1-4H3/q+1. The second-order valence-electron chi connectivity index (χ2n) is 7.45. The SMILES string of the molecule is C=c1c2ccccc2c2n1cc[n+]2-c1c(C(C)C)cccc1C(C)C. The van der Waals surface area contributed by atoms with Crippen LogP contribution in [0.25, 0.3) is 28.7 Å². The zero-order valence-electron chi connectivity index (χ0n) is 15.5. The van der Waals surface area contributed by atoms with Gasteiger partial charge >= 0.3 is 0 Å². The van der Waals surface area contributed by atoms with E-state index in [9.17, 15) is 0 Å². The molecule has 2 heteroatoms.